The zero-order valence-electron chi connectivity index (χ0n) is 13.7. The van der Waals surface area contributed by atoms with Crippen molar-refractivity contribution in [3.8, 4) is 0 Å². The zero-order valence-corrected chi connectivity index (χ0v) is 15.3. The second kappa shape index (κ2) is 7.28. The van der Waals surface area contributed by atoms with Gasteiger partial charge in [-0.05, 0) is 49.5 Å². The Morgan fingerprint density at radius 2 is 1.92 bits per heavy atom. The molecule has 1 aromatic carbocycles. The molecule has 0 radical (unpaired) electrons. The third-order valence-corrected chi connectivity index (χ3v) is 5.32. The van der Waals surface area contributed by atoms with E-state index >= 15 is 0 Å². The molecule has 0 bridgehead atoms. The lowest BCUT2D eigenvalue weighted by Gasteiger charge is -2.05. The van der Waals surface area contributed by atoms with Gasteiger partial charge in [0.1, 0.15) is 5.65 Å². The van der Waals surface area contributed by atoms with Gasteiger partial charge in [-0.2, -0.15) is 0 Å². The summed E-state index contributed by atoms with van der Waals surface area (Å²) in [4.78, 5) is 16.4. The molecule has 0 saturated carbocycles. The monoisotopic (exact) mass is 390 g/mol. The van der Waals surface area contributed by atoms with Crippen molar-refractivity contribution in [1.82, 2.24) is 14.1 Å². The van der Waals surface area contributed by atoms with E-state index in [0.29, 0.717) is 22.2 Å². The SMILES string of the molecule is CNS(=O)(=O)c1ccc(NC(=O)/C=C/c2c(Cl)nc3ccccn23)cc1. The number of halogens is 1. The Hall–Kier alpha value is -2.68. The topological polar surface area (TPSA) is 92.6 Å². The van der Waals surface area contributed by atoms with Gasteiger partial charge in [-0.15, -0.1) is 0 Å². The van der Waals surface area contributed by atoms with E-state index in [4.69, 9.17) is 11.6 Å². The summed E-state index contributed by atoms with van der Waals surface area (Å²) in [5, 5.41) is 2.95. The molecule has 3 aromatic rings. The molecular formula is C17H15ClN4O3S. The Morgan fingerprint density at radius 1 is 1.19 bits per heavy atom. The van der Waals surface area contributed by atoms with Gasteiger partial charge in [0, 0.05) is 18.0 Å². The van der Waals surface area contributed by atoms with Crippen molar-refractivity contribution in [2.75, 3.05) is 12.4 Å². The summed E-state index contributed by atoms with van der Waals surface area (Å²) >= 11 is 6.11. The molecule has 0 atom stereocenters. The summed E-state index contributed by atoms with van der Waals surface area (Å²) in [6.07, 6.45) is 4.70. The number of fused-ring (bicyclic) bond motifs is 1. The predicted molar refractivity (Wildman–Crippen MR) is 101 cm³/mol. The molecule has 7 nitrogen and oxygen atoms in total. The fourth-order valence-corrected chi connectivity index (χ4v) is 3.28. The first-order chi connectivity index (χ1) is 12.4. The number of carbonyl (C=O) groups is 1. The highest BCUT2D eigenvalue weighted by atomic mass is 35.5. The Labute approximate surface area is 155 Å². The van der Waals surface area contributed by atoms with Crippen molar-refractivity contribution < 1.29 is 13.2 Å². The van der Waals surface area contributed by atoms with Gasteiger partial charge in [0.25, 0.3) is 0 Å². The van der Waals surface area contributed by atoms with Crippen molar-refractivity contribution in [3.05, 3.63) is 65.6 Å². The van der Waals surface area contributed by atoms with Crippen LogP contribution in [0, 0.1) is 0 Å². The van der Waals surface area contributed by atoms with Crippen LogP contribution < -0.4 is 10.0 Å². The van der Waals surface area contributed by atoms with Crippen molar-refractivity contribution in [1.29, 1.82) is 0 Å². The number of rotatable bonds is 5. The maximum absolute atomic E-state index is 12.1. The minimum atomic E-state index is -3.51. The Balaban J connectivity index is 1.74. The maximum Gasteiger partial charge on any atom is 0.248 e. The fraction of sp³-hybridized carbons (Fsp3) is 0.0588. The summed E-state index contributed by atoms with van der Waals surface area (Å²) in [6, 6.07) is 11.3. The Morgan fingerprint density at radius 3 is 2.62 bits per heavy atom. The quantitative estimate of drug-likeness (QED) is 0.655. The van der Waals surface area contributed by atoms with Gasteiger partial charge in [-0.25, -0.2) is 18.1 Å². The molecule has 134 valence electrons. The van der Waals surface area contributed by atoms with E-state index in [1.165, 1.54) is 37.4 Å². The van der Waals surface area contributed by atoms with Gasteiger partial charge in [0.2, 0.25) is 15.9 Å². The van der Waals surface area contributed by atoms with Gasteiger partial charge in [-0.3, -0.25) is 9.20 Å². The average molecular weight is 391 g/mol. The minimum absolute atomic E-state index is 0.117. The first-order valence-electron chi connectivity index (χ1n) is 7.56. The number of benzene rings is 1. The Kier molecular flexibility index (Phi) is 5.08. The number of nitrogens with zero attached hydrogens (tertiary/aromatic N) is 2. The molecular weight excluding hydrogens is 376 g/mol. The average Bonchev–Trinajstić information content (AvgIpc) is 2.95. The van der Waals surface area contributed by atoms with Gasteiger partial charge in [0.05, 0.1) is 10.6 Å². The molecule has 0 unspecified atom stereocenters. The standard InChI is InChI=1S/C17H15ClN4O3S/c1-19-26(24,25)13-7-5-12(6-8-13)20-16(23)10-9-14-17(18)21-15-4-2-3-11-22(14)15/h2-11,19H,1H3,(H,20,23)/b10-9+. The molecule has 2 heterocycles. The Bertz CT molecular complexity index is 1090. The number of anilines is 1. The molecule has 0 aliphatic carbocycles. The van der Waals surface area contributed by atoms with Gasteiger partial charge in [0.15, 0.2) is 5.15 Å². The maximum atomic E-state index is 12.1. The van der Waals surface area contributed by atoms with Crippen molar-refractivity contribution in [2.24, 2.45) is 0 Å². The van der Waals surface area contributed by atoms with Crippen molar-refractivity contribution in [3.63, 3.8) is 0 Å². The summed E-state index contributed by atoms with van der Waals surface area (Å²) in [6.45, 7) is 0. The molecule has 2 N–H and O–H groups in total. The highest BCUT2D eigenvalue weighted by Crippen LogP contribution is 2.19. The van der Waals surface area contributed by atoms with Gasteiger partial charge >= 0.3 is 0 Å². The molecule has 9 heteroatoms. The van der Waals surface area contributed by atoms with E-state index in [1.54, 1.807) is 16.7 Å². The number of carbonyl (C=O) groups excluding carboxylic acids is 1. The molecule has 0 spiro atoms. The smallest absolute Gasteiger partial charge is 0.248 e. The van der Waals surface area contributed by atoms with E-state index in [1.807, 2.05) is 18.2 Å². The van der Waals surface area contributed by atoms with E-state index in [-0.39, 0.29) is 10.8 Å². The number of sulfonamides is 1. The second-order valence-electron chi connectivity index (χ2n) is 5.27. The summed E-state index contributed by atoms with van der Waals surface area (Å²) in [7, 11) is -2.18. The highest BCUT2D eigenvalue weighted by molar-refractivity contribution is 7.89. The summed E-state index contributed by atoms with van der Waals surface area (Å²) in [5.74, 6) is -0.379. The fourth-order valence-electron chi connectivity index (χ4n) is 2.31. The van der Waals surface area contributed by atoms with Crippen LogP contribution in [0.4, 0.5) is 5.69 Å². The molecule has 0 aliphatic heterocycles. The van der Waals surface area contributed by atoms with Crippen molar-refractivity contribution >= 4 is 44.9 Å². The van der Waals surface area contributed by atoms with Gasteiger partial charge in [-0.1, -0.05) is 17.7 Å². The molecule has 26 heavy (non-hydrogen) atoms. The van der Waals surface area contributed by atoms with Gasteiger partial charge < -0.3 is 5.32 Å². The molecule has 3 rings (SSSR count). The molecule has 0 fully saturated rings. The summed E-state index contributed by atoms with van der Waals surface area (Å²) < 4.78 is 27.3. The normalized spacial score (nSPS) is 11.9. The third-order valence-electron chi connectivity index (χ3n) is 3.62. The van der Waals surface area contributed by atoms with Crippen LogP contribution in [0.5, 0.6) is 0 Å². The predicted octanol–water partition coefficient (Wildman–Crippen LogP) is 2.55. The number of amides is 1. The van der Waals surface area contributed by atoms with Crippen LogP contribution in [0.25, 0.3) is 11.7 Å². The largest absolute Gasteiger partial charge is 0.323 e. The van der Waals surface area contributed by atoms with Crippen LogP contribution >= 0.6 is 11.6 Å². The number of nitrogens with one attached hydrogen (secondary N) is 2. The first kappa shape index (κ1) is 18.1. The van der Waals surface area contributed by atoms with Crippen LogP contribution in [0.3, 0.4) is 0 Å². The van der Waals surface area contributed by atoms with Crippen molar-refractivity contribution in [2.45, 2.75) is 4.90 Å². The third kappa shape index (κ3) is 3.77. The molecule has 1 amide bonds. The van der Waals surface area contributed by atoms with E-state index in [9.17, 15) is 13.2 Å². The highest BCUT2D eigenvalue weighted by Gasteiger charge is 2.11. The molecule has 0 aliphatic rings. The van der Waals surface area contributed by atoms with Crippen LogP contribution in [-0.2, 0) is 14.8 Å². The number of hydrogen-bond donors (Lipinski definition) is 2. The van der Waals surface area contributed by atoms with E-state index < -0.39 is 10.0 Å². The molecule has 0 saturated heterocycles. The van der Waals surface area contributed by atoms with E-state index in [2.05, 4.69) is 15.0 Å². The number of aromatic nitrogens is 2. The number of hydrogen-bond acceptors (Lipinski definition) is 4. The second-order valence-corrected chi connectivity index (χ2v) is 7.52. The minimum Gasteiger partial charge on any atom is -0.323 e. The number of imidazole rings is 1. The van der Waals surface area contributed by atoms with Crippen LogP contribution in [-0.4, -0.2) is 30.8 Å². The van der Waals surface area contributed by atoms with Crippen LogP contribution in [0.15, 0.2) is 59.6 Å². The lowest BCUT2D eigenvalue weighted by atomic mass is 10.3. The number of pyridine rings is 1. The van der Waals surface area contributed by atoms with Crippen LogP contribution in [0.2, 0.25) is 5.15 Å². The lowest BCUT2D eigenvalue weighted by molar-refractivity contribution is -0.111. The zero-order chi connectivity index (χ0) is 18.7. The summed E-state index contributed by atoms with van der Waals surface area (Å²) in [5.41, 5.74) is 1.74. The van der Waals surface area contributed by atoms with Crippen LogP contribution in [0.1, 0.15) is 5.69 Å². The molecule has 2 aromatic heterocycles. The van der Waals surface area contributed by atoms with E-state index in [0.717, 1.165) is 0 Å². The first-order valence-corrected chi connectivity index (χ1v) is 9.42. The lowest BCUT2D eigenvalue weighted by Crippen LogP contribution is -2.18.